The van der Waals surface area contributed by atoms with Gasteiger partial charge in [-0.25, -0.2) is 0 Å². The fourth-order valence-electron chi connectivity index (χ4n) is 1.83. The van der Waals surface area contributed by atoms with E-state index < -0.39 is 24.4 Å². The van der Waals surface area contributed by atoms with Crippen LogP contribution in [0.25, 0.3) is 0 Å². The smallest absolute Gasteiger partial charge is 0.219 e. The van der Waals surface area contributed by atoms with Crippen molar-refractivity contribution in [3.05, 3.63) is 4.91 Å². The molecule has 0 aromatic heterocycles. The second kappa shape index (κ2) is 9.79. The zero-order valence-electron chi connectivity index (χ0n) is 12.4. The molecule has 0 radical (unpaired) electrons. The summed E-state index contributed by atoms with van der Waals surface area (Å²) in [6.07, 6.45) is -1.83. The second-order valence-electron chi connectivity index (χ2n) is 5.10. The number of aliphatic hydroxyl groups is 3. The molecule has 0 aromatic carbocycles. The van der Waals surface area contributed by atoms with Crippen molar-refractivity contribution in [3.63, 3.8) is 0 Å². The fourth-order valence-corrected chi connectivity index (χ4v) is 1.83. The van der Waals surface area contributed by atoms with Crippen molar-refractivity contribution in [1.82, 2.24) is 4.90 Å². The number of nitrogens with zero attached hydrogens (tertiary/aromatic N) is 2. The Balaban J connectivity index is 4.17. The first-order chi connectivity index (χ1) is 9.33. The quantitative estimate of drug-likeness (QED) is 0.500. The van der Waals surface area contributed by atoms with Crippen LogP contribution in [0.1, 0.15) is 39.5 Å². The van der Waals surface area contributed by atoms with E-state index in [1.54, 1.807) is 14.0 Å². The molecule has 0 bridgehead atoms. The van der Waals surface area contributed by atoms with Crippen LogP contribution < -0.4 is 0 Å². The molecule has 118 valence electrons. The van der Waals surface area contributed by atoms with E-state index in [2.05, 4.69) is 5.18 Å². The first kappa shape index (κ1) is 18.9. The maximum atomic E-state index is 11.0. The second-order valence-corrected chi connectivity index (χ2v) is 5.10. The van der Waals surface area contributed by atoms with Crippen LogP contribution in [0.3, 0.4) is 0 Å². The van der Waals surface area contributed by atoms with Crippen molar-refractivity contribution in [1.29, 1.82) is 0 Å². The number of carbonyl (C=O) groups is 1. The Kier molecular flexibility index (Phi) is 9.28. The third-order valence-electron chi connectivity index (χ3n) is 3.46. The van der Waals surface area contributed by atoms with Gasteiger partial charge in [0.1, 0.15) is 6.04 Å². The molecule has 20 heavy (non-hydrogen) atoms. The molecule has 0 fully saturated rings. The van der Waals surface area contributed by atoms with Crippen molar-refractivity contribution in [3.8, 4) is 0 Å². The van der Waals surface area contributed by atoms with Crippen LogP contribution in [0.5, 0.6) is 0 Å². The van der Waals surface area contributed by atoms with Crippen molar-refractivity contribution in [2.75, 3.05) is 13.6 Å². The van der Waals surface area contributed by atoms with Gasteiger partial charge in [-0.05, 0) is 19.3 Å². The van der Waals surface area contributed by atoms with Crippen molar-refractivity contribution in [2.45, 2.75) is 63.9 Å². The predicted molar refractivity (Wildman–Crippen MR) is 75.1 cm³/mol. The Bertz CT molecular complexity index is 300. The summed E-state index contributed by atoms with van der Waals surface area (Å²) in [4.78, 5) is 23.2. The average Bonchev–Trinajstić information content (AvgIpc) is 2.42. The van der Waals surface area contributed by atoms with Gasteiger partial charge in [-0.15, -0.1) is 0 Å². The van der Waals surface area contributed by atoms with Gasteiger partial charge in [-0.3, -0.25) is 4.79 Å². The number of rotatable bonds is 10. The zero-order chi connectivity index (χ0) is 15.7. The highest BCUT2D eigenvalue weighted by atomic mass is 16.3. The Labute approximate surface area is 119 Å². The third kappa shape index (κ3) is 6.93. The van der Waals surface area contributed by atoms with Gasteiger partial charge < -0.3 is 20.2 Å². The van der Waals surface area contributed by atoms with Crippen LogP contribution in [-0.2, 0) is 4.79 Å². The summed E-state index contributed by atoms with van der Waals surface area (Å²) < 4.78 is 0. The molecule has 0 saturated carbocycles. The molecule has 0 aliphatic carbocycles. The summed E-state index contributed by atoms with van der Waals surface area (Å²) in [6, 6.07) is -0.950. The summed E-state index contributed by atoms with van der Waals surface area (Å²) >= 11 is 0. The van der Waals surface area contributed by atoms with Gasteiger partial charge in [0.25, 0.3) is 0 Å². The molecule has 7 heteroatoms. The van der Waals surface area contributed by atoms with Crippen LogP contribution in [0.4, 0.5) is 0 Å². The van der Waals surface area contributed by atoms with Crippen LogP contribution >= 0.6 is 0 Å². The highest BCUT2D eigenvalue weighted by molar-refractivity contribution is 5.72. The first-order valence-electron chi connectivity index (χ1n) is 6.91. The molecule has 0 unspecified atom stereocenters. The molecule has 0 aliphatic heterocycles. The Morgan fingerprint density at radius 1 is 1.20 bits per heavy atom. The molecular weight excluding hydrogens is 264 g/mol. The monoisotopic (exact) mass is 290 g/mol. The predicted octanol–water partition coefficient (Wildman–Crippen LogP) is 0.263. The van der Waals surface area contributed by atoms with Crippen LogP contribution in [-0.4, -0.2) is 64.1 Å². The highest BCUT2D eigenvalue weighted by Crippen LogP contribution is 2.15. The lowest BCUT2D eigenvalue weighted by atomic mass is 9.97. The first-order valence-corrected chi connectivity index (χ1v) is 6.91. The maximum Gasteiger partial charge on any atom is 0.219 e. The average molecular weight is 290 g/mol. The van der Waals surface area contributed by atoms with Crippen molar-refractivity contribution >= 4 is 5.91 Å². The number of aliphatic hydroxyl groups excluding tert-OH is 3. The summed E-state index contributed by atoms with van der Waals surface area (Å²) in [5.41, 5.74) is 0. The van der Waals surface area contributed by atoms with Crippen LogP contribution in [0, 0.1) is 4.91 Å². The minimum atomic E-state index is -1.07. The van der Waals surface area contributed by atoms with E-state index in [0.29, 0.717) is 25.8 Å². The van der Waals surface area contributed by atoms with Gasteiger partial charge in [-0.2, -0.15) is 4.91 Å². The van der Waals surface area contributed by atoms with Crippen LogP contribution in [0.2, 0.25) is 0 Å². The Morgan fingerprint density at radius 2 is 1.80 bits per heavy atom. The molecule has 3 N–H and O–H groups in total. The van der Waals surface area contributed by atoms with E-state index in [4.69, 9.17) is 0 Å². The van der Waals surface area contributed by atoms with E-state index in [1.165, 1.54) is 11.8 Å². The minimum absolute atomic E-state index is 0.0638. The van der Waals surface area contributed by atoms with Crippen molar-refractivity contribution in [2.24, 2.45) is 5.18 Å². The zero-order valence-corrected chi connectivity index (χ0v) is 12.4. The number of hydrogen-bond acceptors (Lipinski definition) is 6. The highest BCUT2D eigenvalue weighted by Gasteiger charge is 2.26. The molecule has 4 atom stereocenters. The normalized spacial score (nSPS) is 17.1. The van der Waals surface area contributed by atoms with E-state index >= 15 is 0 Å². The number of nitroso groups, excluding NO2 is 1. The molecular formula is C13H26N2O5. The summed E-state index contributed by atoms with van der Waals surface area (Å²) in [5, 5.41) is 31.8. The molecule has 0 aliphatic rings. The molecule has 0 saturated heterocycles. The molecule has 0 rings (SSSR count). The van der Waals surface area contributed by atoms with Gasteiger partial charge in [0.2, 0.25) is 5.91 Å². The summed E-state index contributed by atoms with van der Waals surface area (Å²) in [6.45, 7) is 3.65. The van der Waals surface area contributed by atoms with Gasteiger partial charge in [0, 0.05) is 26.9 Å². The largest absolute Gasteiger partial charge is 0.391 e. The number of amides is 1. The molecule has 1 amide bonds. The standard InChI is InChI=1S/C13H26N2O5/c1-4-11(17)13(19)8-10(14-20)12(18)6-5-7-15(3)9(2)16/h10-13,17-19H,4-8H2,1-3H3/t10-,11-,12-,13-/m0/s1. The van der Waals surface area contributed by atoms with Crippen molar-refractivity contribution < 1.29 is 20.1 Å². The van der Waals surface area contributed by atoms with E-state index in [9.17, 15) is 25.0 Å². The third-order valence-corrected chi connectivity index (χ3v) is 3.46. The van der Waals surface area contributed by atoms with E-state index in [-0.39, 0.29) is 12.3 Å². The minimum Gasteiger partial charge on any atom is -0.391 e. The maximum absolute atomic E-state index is 11.0. The number of hydrogen-bond donors (Lipinski definition) is 3. The molecule has 0 spiro atoms. The van der Waals surface area contributed by atoms with Gasteiger partial charge in [-0.1, -0.05) is 12.1 Å². The Hall–Kier alpha value is -1.05. The molecule has 0 heterocycles. The lowest BCUT2D eigenvalue weighted by molar-refractivity contribution is -0.127. The van der Waals surface area contributed by atoms with E-state index in [0.717, 1.165) is 0 Å². The fraction of sp³-hybridized carbons (Fsp3) is 0.923. The summed E-state index contributed by atoms with van der Waals surface area (Å²) in [7, 11) is 1.66. The van der Waals surface area contributed by atoms with Gasteiger partial charge in [0.15, 0.2) is 0 Å². The van der Waals surface area contributed by atoms with Gasteiger partial charge >= 0.3 is 0 Å². The van der Waals surface area contributed by atoms with Gasteiger partial charge in [0.05, 0.1) is 18.3 Å². The number of carbonyl (C=O) groups excluding carboxylic acids is 1. The lowest BCUT2D eigenvalue weighted by Gasteiger charge is -2.22. The topological polar surface area (TPSA) is 110 Å². The van der Waals surface area contributed by atoms with Crippen LogP contribution in [0.15, 0.2) is 5.18 Å². The Morgan fingerprint density at radius 3 is 2.25 bits per heavy atom. The molecule has 7 nitrogen and oxygen atoms in total. The van der Waals surface area contributed by atoms with E-state index in [1.807, 2.05) is 0 Å². The molecule has 0 aromatic rings. The lowest BCUT2D eigenvalue weighted by Crippen LogP contribution is -2.34. The summed E-state index contributed by atoms with van der Waals surface area (Å²) in [5.74, 6) is -0.0638. The SMILES string of the molecule is CC[C@H](O)[C@@H](O)C[C@H](N=O)[C@@H](O)CCCN(C)C(C)=O.